The third-order valence-electron chi connectivity index (χ3n) is 10.4. The van der Waals surface area contributed by atoms with Gasteiger partial charge in [-0.1, -0.05) is 154 Å². The van der Waals surface area contributed by atoms with Crippen LogP contribution in [-0.4, -0.2) is 90.3 Å². The lowest BCUT2D eigenvalue weighted by atomic mass is 9.99. The topological polar surface area (TPSA) is 118 Å². The Labute approximate surface area is 326 Å². The van der Waals surface area contributed by atoms with Crippen molar-refractivity contribution < 1.29 is 39.4 Å². The molecule has 1 aliphatic heterocycles. The highest BCUT2D eigenvalue weighted by atomic mass is 16.7. The SMILES string of the molecule is CCCCCCCC/C=C\CCCCCCCCOCC(COCCCCCCCC/C=C\CCCCCCCC)OC1O[C@H](CO)[C@H](O)[C@@H](O)[C@@H]1O. The van der Waals surface area contributed by atoms with Crippen molar-refractivity contribution in [1.82, 2.24) is 0 Å². The molecule has 0 amide bonds. The lowest BCUT2D eigenvalue weighted by Crippen LogP contribution is -2.60. The summed E-state index contributed by atoms with van der Waals surface area (Å²) >= 11 is 0. The summed E-state index contributed by atoms with van der Waals surface area (Å²) in [5.74, 6) is 0. The smallest absolute Gasteiger partial charge is 0.187 e. The Bertz CT molecular complexity index is 759. The van der Waals surface area contributed by atoms with Crippen LogP contribution in [0.2, 0.25) is 0 Å². The highest BCUT2D eigenvalue weighted by molar-refractivity contribution is 4.89. The molecule has 0 aromatic rings. The fourth-order valence-corrected chi connectivity index (χ4v) is 6.83. The maximum atomic E-state index is 10.5. The predicted octanol–water partition coefficient (Wildman–Crippen LogP) is 10.3. The van der Waals surface area contributed by atoms with Crippen LogP contribution in [0.4, 0.5) is 0 Å². The maximum absolute atomic E-state index is 10.5. The van der Waals surface area contributed by atoms with Crippen molar-refractivity contribution in [3.8, 4) is 0 Å². The van der Waals surface area contributed by atoms with E-state index in [1.54, 1.807) is 0 Å². The fourth-order valence-electron chi connectivity index (χ4n) is 6.83. The van der Waals surface area contributed by atoms with Gasteiger partial charge in [0.1, 0.15) is 30.5 Å². The fraction of sp³-hybridized carbons (Fsp3) is 0.911. The monoisotopic (exact) mass is 755 g/mol. The first-order chi connectivity index (χ1) is 26.0. The molecule has 0 bridgehead atoms. The number of aliphatic hydroxyl groups excluding tert-OH is 4. The summed E-state index contributed by atoms with van der Waals surface area (Å²) in [7, 11) is 0. The average Bonchev–Trinajstić information content (AvgIpc) is 3.16. The van der Waals surface area contributed by atoms with E-state index in [1.807, 2.05) is 0 Å². The van der Waals surface area contributed by atoms with Gasteiger partial charge in [-0.15, -0.1) is 0 Å². The van der Waals surface area contributed by atoms with Gasteiger partial charge in [0, 0.05) is 13.2 Å². The van der Waals surface area contributed by atoms with Crippen molar-refractivity contribution in [1.29, 1.82) is 0 Å². The number of allylic oxidation sites excluding steroid dienone is 4. The molecule has 8 heteroatoms. The molecule has 1 saturated heterocycles. The van der Waals surface area contributed by atoms with Gasteiger partial charge in [0.2, 0.25) is 0 Å². The first-order valence-electron chi connectivity index (χ1n) is 22.5. The number of hydrogen-bond acceptors (Lipinski definition) is 8. The lowest BCUT2D eigenvalue weighted by Gasteiger charge is -2.40. The summed E-state index contributed by atoms with van der Waals surface area (Å²) in [6, 6.07) is 0. The molecule has 0 aromatic carbocycles. The van der Waals surface area contributed by atoms with Crippen molar-refractivity contribution in [3.63, 3.8) is 0 Å². The minimum atomic E-state index is -1.48. The van der Waals surface area contributed by atoms with Crippen LogP contribution >= 0.6 is 0 Å². The highest BCUT2D eigenvalue weighted by Gasteiger charge is 2.44. The second-order valence-corrected chi connectivity index (χ2v) is 15.5. The van der Waals surface area contributed by atoms with Crippen LogP contribution in [0, 0.1) is 0 Å². The van der Waals surface area contributed by atoms with E-state index in [-0.39, 0.29) is 13.2 Å². The molecule has 1 unspecified atom stereocenters. The zero-order chi connectivity index (χ0) is 38.5. The number of hydrogen-bond donors (Lipinski definition) is 4. The zero-order valence-corrected chi connectivity index (χ0v) is 34.5. The molecular formula is C45H86O8. The van der Waals surface area contributed by atoms with E-state index in [0.717, 1.165) is 25.7 Å². The molecule has 4 N–H and O–H groups in total. The Morgan fingerprint density at radius 1 is 0.472 bits per heavy atom. The van der Waals surface area contributed by atoms with Gasteiger partial charge in [-0.2, -0.15) is 0 Å². The molecule has 0 aliphatic carbocycles. The highest BCUT2D eigenvalue weighted by Crippen LogP contribution is 2.23. The minimum absolute atomic E-state index is 0.271. The molecule has 314 valence electrons. The van der Waals surface area contributed by atoms with Crippen molar-refractivity contribution in [3.05, 3.63) is 24.3 Å². The summed E-state index contributed by atoms with van der Waals surface area (Å²) in [4.78, 5) is 0. The molecule has 1 fully saturated rings. The molecule has 5 atom stereocenters. The molecule has 0 aromatic heterocycles. The number of aliphatic hydroxyl groups is 4. The summed E-state index contributed by atoms with van der Waals surface area (Å²) in [6.07, 6.45) is 37.7. The van der Waals surface area contributed by atoms with Crippen LogP contribution in [0.3, 0.4) is 0 Å². The van der Waals surface area contributed by atoms with Gasteiger partial charge < -0.3 is 39.4 Å². The summed E-state index contributed by atoms with van der Waals surface area (Å²) < 4.78 is 23.5. The van der Waals surface area contributed by atoms with E-state index < -0.39 is 43.4 Å². The molecule has 0 spiro atoms. The Balaban J connectivity index is 2.20. The second kappa shape index (κ2) is 38.1. The average molecular weight is 755 g/mol. The van der Waals surface area contributed by atoms with Crippen molar-refractivity contribution in [2.45, 2.75) is 230 Å². The molecule has 8 nitrogen and oxygen atoms in total. The molecule has 1 heterocycles. The number of ether oxygens (including phenoxy) is 4. The van der Waals surface area contributed by atoms with Gasteiger partial charge in [-0.3, -0.25) is 0 Å². The van der Waals surface area contributed by atoms with Crippen LogP contribution in [0.5, 0.6) is 0 Å². The van der Waals surface area contributed by atoms with E-state index in [1.165, 1.54) is 154 Å². The van der Waals surface area contributed by atoms with Gasteiger partial charge in [0.15, 0.2) is 6.29 Å². The summed E-state index contributed by atoms with van der Waals surface area (Å²) in [5.41, 5.74) is 0. The first kappa shape index (κ1) is 50.2. The molecule has 53 heavy (non-hydrogen) atoms. The zero-order valence-electron chi connectivity index (χ0n) is 34.5. The Hall–Kier alpha value is -0.840. The standard InChI is InChI=1S/C45H86O8/c1-3-5-7-9-11-13-15-17-19-21-23-25-27-29-31-33-35-50-38-40(52-45-44(49)43(48)42(47)41(37-46)53-45)39-51-36-34-32-30-28-26-24-22-20-18-16-14-12-10-8-6-4-2/h17-20,40-49H,3-16,21-39H2,1-2H3/b19-17-,20-18-/t41-,42+,43-,44+,45?/m1/s1. The van der Waals surface area contributed by atoms with E-state index >= 15 is 0 Å². The van der Waals surface area contributed by atoms with Crippen molar-refractivity contribution in [2.75, 3.05) is 33.0 Å². The second-order valence-electron chi connectivity index (χ2n) is 15.5. The Morgan fingerprint density at radius 3 is 1.21 bits per heavy atom. The van der Waals surface area contributed by atoms with Crippen LogP contribution in [0.15, 0.2) is 24.3 Å². The quantitative estimate of drug-likeness (QED) is 0.0362. The summed E-state index contributed by atoms with van der Waals surface area (Å²) in [5, 5.41) is 40.4. The number of rotatable bonds is 39. The maximum Gasteiger partial charge on any atom is 0.187 e. The normalized spacial score (nSPS) is 20.8. The Morgan fingerprint density at radius 2 is 0.830 bits per heavy atom. The van der Waals surface area contributed by atoms with Crippen molar-refractivity contribution >= 4 is 0 Å². The van der Waals surface area contributed by atoms with E-state index in [2.05, 4.69) is 38.2 Å². The van der Waals surface area contributed by atoms with Gasteiger partial charge in [0.25, 0.3) is 0 Å². The molecule has 0 saturated carbocycles. The van der Waals surface area contributed by atoms with Gasteiger partial charge in [-0.25, -0.2) is 0 Å². The van der Waals surface area contributed by atoms with Crippen LogP contribution in [0.25, 0.3) is 0 Å². The van der Waals surface area contributed by atoms with E-state index in [9.17, 15) is 20.4 Å². The van der Waals surface area contributed by atoms with Gasteiger partial charge >= 0.3 is 0 Å². The van der Waals surface area contributed by atoms with Gasteiger partial charge in [-0.05, 0) is 64.2 Å². The van der Waals surface area contributed by atoms with Crippen LogP contribution in [-0.2, 0) is 18.9 Å². The van der Waals surface area contributed by atoms with Crippen LogP contribution in [0.1, 0.15) is 194 Å². The van der Waals surface area contributed by atoms with Crippen LogP contribution < -0.4 is 0 Å². The Kier molecular flexibility index (Phi) is 36.0. The number of unbranched alkanes of at least 4 members (excludes halogenated alkanes) is 24. The molecule has 1 rings (SSSR count). The van der Waals surface area contributed by atoms with Gasteiger partial charge in [0.05, 0.1) is 19.8 Å². The predicted molar refractivity (Wildman–Crippen MR) is 219 cm³/mol. The first-order valence-corrected chi connectivity index (χ1v) is 22.5. The lowest BCUT2D eigenvalue weighted by molar-refractivity contribution is -0.316. The van der Waals surface area contributed by atoms with E-state index in [4.69, 9.17) is 18.9 Å². The molecular weight excluding hydrogens is 668 g/mol. The minimum Gasteiger partial charge on any atom is -0.394 e. The summed E-state index contributed by atoms with van der Waals surface area (Å²) in [6.45, 7) is 5.82. The molecule has 0 radical (unpaired) electrons. The third-order valence-corrected chi connectivity index (χ3v) is 10.4. The van der Waals surface area contributed by atoms with Crippen molar-refractivity contribution in [2.24, 2.45) is 0 Å². The third kappa shape index (κ3) is 29.1. The molecule has 1 aliphatic rings. The largest absolute Gasteiger partial charge is 0.394 e. The van der Waals surface area contributed by atoms with E-state index in [0.29, 0.717) is 13.2 Å².